The monoisotopic (exact) mass is 446 g/mol. The molecule has 0 aliphatic heterocycles. The number of carbonyl (C=O) groups excluding carboxylic acids is 1. The average molecular weight is 446 g/mol. The van der Waals surface area contributed by atoms with Gasteiger partial charge in [-0.2, -0.15) is 18.3 Å². The summed E-state index contributed by atoms with van der Waals surface area (Å²) in [4.78, 5) is 16.8. The molecule has 0 bridgehead atoms. The predicted molar refractivity (Wildman–Crippen MR) is 109 cm³/mol. The standard InChI is InChI=1S/C22H21F3N4O3/c23-22(24,25)16-2-1-3-18(10-16)32-12-17(30)11-26-21(31)15-8-6-14(7-9-15)20-27-19(28-29-20)13-4-5-13/h1-3,6-10,13,17,30H,4-5,11-12H2,(H,26,31)(H,27,28,29)/t17-/m0/s1. The number of nitrogens with one attached hydrogen (secondary N) is 2. The number of aliphatic hydroxyl groups excluding tert-OH is 1. The number of aromatic nitrogens is 3. The molecule has 1 aliphatic carbocycles. The van der Waals surface area contributed by atoms with Gasteiger partial charge in [-0.1, -0.05) is 18.2 Å². The quantitative estimate of drug-likeness (QED) is 0.492. The molecule has 1 atom stereocenters. The molecule has 2 aromatic carbocycles. The lowest BCUT2D eigenvalue weighted by Gasteiger charge is -2.14. The van der Waals surface area contributed by atoms with Crippen LogP contribution >= 0.6 is 0 Å². The zero-order valence-electron chi connectivity index (χ0n) is 16.9. The van der Waals surface area contributed by atoms with Crippen molar-refractivity contribution in [3.8, 4) is 17.1 Å². The van der Waals surface area contributed by atoms with Crippen LogP contribution in [0.4, 0.5) is 13.2 Å². The Morgan fingerprint density at radius 2 is 1.97 bits per heavy atom. The fraction of sp³-hybridized carbons (Fsp3) is 0.318. The van der Waals surface area contributed by atoms with E-state index in [-0.39, 0.29) is 18.9 Å². The molecule has 1 amide bonds. The van der Waals surface area contributed by atoms with Crippen LogP contribution in [0.1, 0.15) is 40.5 Å². The maximum absolute atomic E-state index is 12.7. The number of halogens is 3. The van der Waals surface area contributed by atoms with Crippen LogP contribution in [0.15, 0.2) is 48.5 Å². The van der Waals surface area contributed by atoms with E-state index in [4.69, 9.17) is 4.74 Å². The van der Waals surface area contributed by atoms with Gasteiger partial charge in [0, 0.05) is 23.6 Å². The fourth-order valence-electron chi connectivity index (χ4n) is 3.04. The summed E-state index contributed by atoms with van der Waals surface area (Å²) in [7, 11) is 0. The van der Waals surface area contributed by atoms with E-state index in [0.29, 0.717) is 17.3 Å². The number of ether oxygens (including phenoxy) is 1. The normalized spacial score (nSPS) is 14.8. The zero-order chi connectivity index (χ0) is 22.7. The molecule has 0 radical (unpaired) electrons. The molecule has 0 unspecified atom stereocenters. The van der Waals surface area contributed by atoms with Crippen LogP contribution in [0.5, 0.6) is 5.75 Å². The minimum Gasteiger partial charge on any atom is -0.491 e. The molecule has 0 spiro atoms. The summed E-state index contributed by atoms with van der Waals surface area (Å²) < 4.78 is 43.4. The van der Waals surface area contributed by atoms with Gasteiger partial charge in [-0.05, 0) is 43.2 Å². The van der Waals surface area contributed by atoms with Crippen molar-refractivity contribution in [2.24, 2.45) is 0 Å². The number of alkyl halides is 3. The lowest BCUT2D eigenvalue weighted by Crippen LogP contribution is -2.35. The predicted octanol–water partition coefficient (Wildman–Crippen LogP) is 3.54. The molecular weight excluding hydrogens is 425 g/mol. The Hall–Kier alpha value is -3.40. The molecule has 7 nitrogen and oxygen atoms in total. The summed E-state index contributed by atoms with van der Waals surface area (Å²) in [6.07, 6.45) is -3.34. The minimum atomic E-state index is -4.48. The summed E-state index contributed by atoms with van der Waals surface area (Å²) in [6, 6.07) is 11.1. The molecule has 168 valence electrons. The number of benzene rings is 2. The number of H-pyrrole nitrogens is 1. The first-order valence-electron chi connectivity index (χ1n) is 10.1. The van der Waals surface area contributed by atoms with Gasteiger partial charge in [-0.25, -0.2) is 4.98 Å². The van der Waals surface area contributed by atoms with E-state index >= 15 is 0 Å². The third-order valence-electron chi connectivity index (χ3n) is 4.97. The molecule has 3 N–H and O–H groups in total. The third-order valence-corrected chi connectivity index (χ3v) is 4.97. The van der Waals surface area contributed by atoms with Gasteiger partial charge in [-0.3, -0.25) is 9.89 Å². The van der Waals surface area contributed by atoms with E-state index in [1.54, 1.807) is 24.3 Å². The number of nitrogens with zero attached hydrogens (tertiary/aromatic N) is 2. The van der Waals surface area contributed by atoms with Crippen molar-refractivity contribution in [3.05, 3.63) is 65.5 Å². The van der Waals surface area contributed by atoms with Crippen molar-refractivity contribution in [2.75, 3.05) is 13.2 Å². The van der Waals surface area contributed by atoms with Gasteiger partial charge in [0.05, 0.1) is 5.56 Å². The van der Waals surface area contributed by atoms with E-state index in [0.717, 1.165) is 36.4 Å². The van der Waals surface area contributed by atoms with Crippen LogP contribution in [0.2, 0.25) is 0 Å². The third kappa shape index (κ3) is 5.44. The highest BCUT2D eigenvalue weighted by atomic mass is 19.4. The number of aliphatic hydroxyl groups is 1. The number of hydrogen-bond donors (Lipinski definition) is 3. The molecule has 0 saturated heterocycles. The Kier molecular flexibility index (Phi) is 6.13. The van der Waals surface area contributed by atoms with E-state index in [9.17, 15) is 23.1 Å². The highest BCUT2D eigenvalue weighted by molar-refractivity contribution is 5.94. The Morgan fingerprint density at radius 1 is 1.22 bits per heavy atom. The zero-order valence-corrected chi connectivity index (χ0v) is 16.9. The van der Waals surface area contributed by atoms with Gasteiger partial charge in [-0.15, -0.1) is 0 Å². The molecule has 1 heterocycles. The van der Waals surface area contributed by atoms with Gasteiger partial charge < -0.3 is 15.2 Å². The molecule has 32 heavy (non-hydrogen) atoms. The largest absolute Gasteiger partial charge is 0.491 e. The van der Waals surface area contributed by atoms with E-state index in [2.05, 4.69) is 20.5 Å². The van der Waals surface area contributed by atoms with Crippen LogP contribution < -0.4 is 10.1 Å². The second-order valence-corrected chi connectivity index (χ2v) is 7.60. The van der Waals surface area contributed by atoms with Crippen LogP contribution in [-0.4, -0.2) is 45.5 Å². The Labute approximate surface area is 181 Å². The maximum Gasteiger partial charge on any atom is 0.416 e. The van der Waals surface area contributed by atoms with E-state index in [1.807, 2.05) is 0 Å². The topological polar surface area (TPSA) is 100 Å². The molecular formula is C22H21F3N4O3. The molecule has 1 saturated carbocycles. The number of rotatable bonds is 8. The molecule has 3 aromatic rings. The SMILES string of the molecule is O=C(NC[C@H](O)COc1cccc(C(F)(F)F)c1)c1ccc(-c2n[nH]c(C3CC3)n2)cc1. The first-order chi connectivity index (χ1) is 15.3. The Bertz CT molecular complexity index is 1080. The van der Waals surface area contributed by atoms with Crippen LogP contribution in [0.3, 0.4) is 0 Å². The van der Waals surface area contributed by atoms with Crippen molar-refractivity contribution in [1.82, 2.24) is 20.5 Å². The number of aromatic amines is 1. The lowest BCUT2D eigenvalue weighted by molar-refractivity contribution is -0.137. The van der Waals surface area contributed by atoms with Crippen LogP contribution in [0, 0.1) is 0 Å². The summed E-state index contributed by atoms with van der Waals surface area (Å²) in [5.41, 5.74) is 0.326. The van der Waals surface area contributed by atoms with Gasteiger partial charge in [0.1, 0.15) is 24.3 Å². The smallest absolute Gasteiger partial charge is 0.416 e. The Morgan fingerprint density at radius 3 is 2.66 bits per heavy atom. The van der Waals surface area contributed by atoms with Crippen molar-refractivity contribution in [3.63, 3.8) is 0 Å². The van der Waals surface area contributed by atoms with Gasteiger partial charge >= 0.3 is 6.18 Å². The summed E-state index contributed by atoms with van der Waals surface area (Å²) >= 11 is 0. The van der Waals surface area contributed by atoms with E-state index in [1.165, 1.54) is 12.1 Å². The Balaban J connectivity index is 1.26. The van der Waals surface area contributed by atoms with Crippen molar-refractivity contribution >= 4 is 5.91 Å². The summed E-state index contributed by atoms with van der Waals surface area (Å²) in [6.45, 7) is -0.389. The highest BCUT2D eigenvalue weighted by Gasteiger charge is 2.30. The molecule has 1 aliphatic rings. The lowest BCUT2D eigenvalue weighted by atomic mass is 10.1. The first-order valence-corrected chi connectivity index (χ1v) is 10.1. The van der Waals surface area contributed by atoms with Gasteiger partial charge in [0.25, 0.3) is 5.91 Å². The average Bonchev–Trinajstić information content (AvgIpc) is 3.52. The van der Waals surface area contributed by atoms with Gasteiger partial charge in [0.2, 0.25) is 0 Å². The molecule has 1 fully saturated rings. The second-order valence-electron chi connectivity index (χ2n) is 7.60. The van der Waals surface area contributed by atoms with Crippen molar-refractivity contribution in [2.45, 2.75) is 31.0 Å². The minimum absolute atomic E-state index is 0.0161. The molecule has 4 rings (SSSR count). The number of hydrogen-bond acceptors (Lipinski definition) is 5. The highest BCUT2D eigenvalue weighted by Crippen LogP contribution is 2.38. The maximum atomic E-state index is 12.7. The van der Waals surface area contributed by atoms with Crippen molar-refractivity contribution in [1.29, 1.82) is 0 Å². The van der Waals surface area contributed by atoms with Crippen LogP contribution in [-0.2, 0) is 6.18 Å². The van der Waals surface area contributed by atoms with Crippen molar-refractivity contribution < 1.29 is 27.8 Å². The van der Waals surface area contributed by atoms with Gasteiger partial charge in [0.15, 0.2) is 5.82 Å². The summed E-state index contributed by atoms with van der Waals surface area (Å²) in [5.74, 6) is 1.50. The second kappa shape index (κ2) is 8.99. The summed E-state index contributed by atoms with van der Waals surface area (Å²) in [5, 5.41) is 19.7. The number of carbonyl (C=O) groups is 1. The molecule has 10 heteroatoms. The van der Waals surface area contributed by atoms with Crippen LogP contribution in [0.25, 0.3) is 11.4 Å². The number of amides is 1. The molecule has 1 aromatic heterocycles. The first kappa shape index (κ1) is 21.8. The fourth-order valence-corrected chi connectivity index (χ4v) is 3.04. The van der Waals surface area contributed by atoms with E-state index < -0.39 is 23.8 Å².